The molecule has 7 nitrogen and oxygen atoms in total. The monoisotopic (exact) mass is 529 g/mol. The number of amides is 1. The van der Waals surface area contributed by atoms with Gasteiger partial charge in [0.15, 0.2) is 0 Å². The molecular formula is C30H31N3O4S. The van der Waals surface area contributed by atoms with E-state index in [1.54, 1.807) is 28.6 Å². The van der Waals surface area contributed by atoms with Crippen LogP contribution < -0.4 is 10.1 Å². The molecular weight excluding hydrogens is 498 g/mol. The Balaban J connectivity index is 1.07. The van der Waals surface area contributed by atoms with Gasteiger partial charge in [0.05, 0.1) is 11.4 Å². The van der Waals surface area contributed by atoms with E-state index in [2.05, 4.69) is 10.2 Å². The second-order valence-electron chi connectivity index (χ2n) is 9.27. The van der Waals surface area contributed by atoms with Crippen molar-refractivity contribution in [2.45, 2.75) is 11.4 Å². The van der Waals surface area contributed by atoms with Gasteiger partial charge in [0.1, 0.15) is 12.4 Å². The fraction of sp³-hybridized carbons (Fsp3) is 0.233. The normalized spacial score (nSPS) is 14.8. The molecule has 1 fully saturated rings. The number of ether oxygens (including phenoxy) is 1. The van der Waals surface area contributed by atoms with Crippen LogP contribution in [0.25, 0.3) is 10.8 Å². The Morgan fingerprint density at radius 3 is 2.24 bits per heavy atom. The number of fused-ring (bicyclic) bond motifs is 1. The largest absolute Gasteiger partial charge is 0.491 e. The molecule has 0 aliphatic carbocycles. The van der Waals surface area contributed by atoms with Gasteiger partial charge < -0.3 is 10.1 Å². The van der Waals surface area contributed by atoms with E-state index in [1.165, 1.54) is 0 Å². The van der Waals surface area contributed by atoms with Gasteiger partial charge in [0, 0.05) is 43.7 Å². The maximum atomic E-state index is 12.8. The molecule has 0 unspecified atom stereocenters. The van der Waals surface area contributed by atoms with Crippen molar-refractivity contribution in [2.24, 2.45) is 0 Å². The minimum Gasteiger partial charge on any atom is -0.491 e. The summed E-state index contributed by atoms with van der Waals surface area (Å²) in [4.78, 5) is 15.1. The number of carbonyl (C=O) groups excluding carboxylic acids is 1. The second-order valence-corrected chi connectivity index (χ2v) is 11.2. The first kappa shape index (κ1) is 25.9. The lowest BCUT2D eigenvalue weighted by molar-refractivity contribution is 0.0947. The summed E-state index contributed by atoms with van der Waals surface area (Å²) < 4.78 is 33.1. The molecule has 38 heavy (non-hydrogen) atoms. The average Bonchev–Trinajstić information content (AvgIpc) is 2.96. The number of piperazine rings is 1. The van der Waals surface area contributed by atoms with Crippen LogP contribution in [0.2, 0.25) is 0 Å². The van der Waals surface area contributed by atoms with Gasteiger partial charge in [-0.2, -0.15) is 4.31 Å². The van der Waals surface area contributed by atoms with E-state index in [9.17, 15) is 13.2 Å². The number of nitrogens with zero attached hydrogens (tertiary/aromatic N) is 2. The second kappa shape index (κ2) is 11.8. The Labute approximate surface area is 223 Å². The summed E-state index contributed by atoms with van der Waals surface area (Å²) in [5, 5.41) is 5.08. The van der Waals surface area contributed by atoms with Gasteiger partial charge in [-0.05, 0) is 41.3 Å². The van der Waals surface area contributed by atoms with Crippen LogP contribution in [0.3, 0.4) is 0 Å². The van der Waals surface area contributed by atoms with Crippen LogP contribution in [0.15, 0.2) is 102 Å². The Bertz CT molecular complexity index is 1480. The summed E-state index contributed by atoms with van der Waals surface area (Å²) in [7, 11) is -3.46. The third kappa shape index (κ3) is 6.05. The van der Waals surface area contributed by atoms with Crippen LogP contribution in [0.5, 0.6) is 5.75 Å². The van der Waals surface area contributed by atoms with Gasteiger partial charge in [-0.1, -0.05) is 66.7 Å². The minimum absolute atomic E-state index is 0.141. The van der Waals surface area contributed by atoms with Crippen molar-refractivity contribution in [1.29, 1.82) is 0 Å². The number of sulfonamides is 1. The Kier molecular flexibility index (Phi) is 8.03. The van der Waals surface area contributed by atoms with Crippen LogP contribution in [0, 0.1) is 0 Å². The molecule has 1 aliphatic heterocycles. The molecule has 8 heteroatoms. The molecule has 0 saturated carbocycles. The Morgan fingerprint density at radius 1 is 0.789 bits per heavy atom. The summed E-state index contributed by atoms with van der Waals surface area (Å²) in [6, 6.07) is 30.1. The third-order valence-corrected chi connectivity index (χ3v) is 8.64. The summed E-state index contributed by atoms with van der Waals surface area (Å²) in [5.74, 6) is 0.665. The number of carbonyl (C=O) groups is 1. The topological polar surface area (TPSA) is 79.0 Å². The molecule has 4 aromatic rings. The molecule has 1 saturated heterocycles. The van der Waals surface area contributed by atoms with Crippen LogP contribution in [-0.4, -0.2) is 62.9 Å². The molecule has 1 N–H and O–H groups in total. The first-order valence-corrected chi connectivity index (χ1v) is 14.2. The SMILES string of the molecule is O=C(NCCOc1cccc2ccccc12)c1ccc(CN2CCN(S(=O)(=O)c3ccccc3)CC2)cc1. The van der Waals surface area contributed by atoms with Gasteiger partial charge in [-0.15, -0.1) is 0 Å². The number of benzene rings is 4. The lowest BCUT2D eigenvalue weighted by Gasteiger charge is -2.34. The highest BCUT2D eigenvalue weighted by molar-refractivity contribution is 7.89. The molecule has 0 bridgehead atoms. The average molecular weight is 530 g/mol. The first-order valence-electron chi connectivity index (χ1n) is 12.8. The van der Waals surface area contributed by atoms with Crippen molar-refractivity contribution >= 4 is 26.7 Å². The van der Waals surface area contributed by atoms with Gasteiger partial charge in [-0.25, -0.2) is 8.42 Å². The smallest absolute Gasteiger partial charge is 0.251 e. The van der Waals surface area contributed by atoms with Crippen molar-refractivity contribution in [3.63, 3.8) is 0 Å². The van der Waals surface area contributed by atoms with Crippen molar-refractivity contribution in [3.8, 4) is 5.75 Å². The zero-order chi connectivity index (χ0) is 26.4. The van der Waals surface area contributed by atoms with E-state index in [4.69, 9.17) is 4.74 Å². The standard InChI is InChI=1S/C30H31N3O4S/c34-30(31-17-22-37-29-12-6-8-25-7-4-5-11-28(25)29)26-15-13-24(14-16-26)23-32-18-20-33(21-19-32)38(35,36)27-9-2-1-3-10-27/h1-16H,17-23H2,(H,31,34). The molecule has 0 aromatic heterocycles. The summed E-state index contributed by atoms with van der Waals surface area (Å²) in [6.45, 7) is 3.72. The quantitative estimate of drug-likeness (QED) is 0.330. The van der Waals surface area contributed by atoms with Gasteiger partial charge >= 0.3 is 0 Å². The van der Waals surface area contributed by atoms with E-state index in [1.807, 2.05) is 72.8 Å². The van der Waals surface area contributed by atoms with Crippen molar-refractivity contribution in [2.75, 3.05) is 39.3 Å². The van der Waals surface area contributed by atoms with Crippen molar-refractivity contribution < 1.29 is 17.9 Å². The van der Waals surface area contributed by atoms with Crippen LogP contribution >= 0.6 is 0 Å². The fourth-order valence-corrected chi connectivity index (χ4v) is 6.08. The summed E-state index contributed by atoms with van der Waals surface area (Å²) in [5.41, 5.74) is 1.68. The van der Waals surface area contributed by atoms with Crippen molar-refractivity contribution in [1.82, 2.24) is 14.5 Å². The number of rotatable bonds is 9. The van der Waals surface area contributed by atoms with E-state index in [0.717, 1.165) is 22.1 Å². The number of hydrogen-bond donors (Lipinski definition) is 1. The van der Waals surface area contributed by atoms with Gasteiger partial charge in [-0.3, -0.25) is 9.69 Å². The van der Waals surface area contributed by atoms with E-state index >= 15 is 0 Å². The first-order chi connectivity index (χ1) is 18.5. The maximum absolute atomic E-state index is 12.8. The van der Waals surface area contributed by atoms with Gasteiger partial charge in [0.2, 0.25) is 10.0 Å². The fourth-order valence-electron chi connectivity index (χ4n) is 4.64. The molecule has 5 rings (SSSR count). The lowest BCUT2D eigenvalue weighted by atomic mass is 10.1. The van der Waals surface area contributed by atoms with Crippen LogP contribution in [0.4, 0.5) is 0 Å². The van der Waals surface area contributed by atoms with E-state index in [-0.39, 0.29) is 5.91 Å². The highest BCUT2D eigenvalue weighted by Gasteiger charge is 2.28. The third-order valence-electron chi connectivity index (χ3n) is 6.73. The Hall–Kier alpha value is -3.72. The number of hydrogen-bond acceptors (Lipinski definition) is 5. The zero-order valence-corrected chi connectivity index (χ0v) is 21.9. The van der Waals surface area contributed by atoms with Gasteiger partial charge in [0.25, 0.3) is 5.91 Å². The van der Waals surface area contributed by atoms with Crippen LogP contribution in [0.1, 0.15) is 15.9 Å². The lowest BCUT2D eigenvalue weighted by Crippen LogP contribution is -2.48. The zero-order valence-electron chi connectivity index (χ0n) is 21.1. The molecule has 4 aromatic carbocycles. The minimum atomic E-state index is -3.46. The molecule has 0 radical (unpaired) electrons. The molecule has 196 valence electrons. The summed E-state index contributed by atoms with van der Waals surface area (Å²) >= 11 is 0. The van der Waals surface area contributed by atoms with E-state index < -0.39 is 10.0 Å². The number of nitrogens with one attached hydrogen (secondary N) is 1. The van der Waals surface area contributed by atoms with Crippen molar-refractivity contribution in [3.05, 3.63) is 108 Å². The highest BCUT2D eigenvalue weighted by Crippen LogP contribution is 2.25. The highest BCUT2D eigenvalue weighted by atomic mass is 32.2. The maximum Gasteiger partial charge on any atom is 0.251 e. The molecule has 1 heterocycles. The Morgan fingerprint density at radius 2 is 1.47 bits per heavy atom. The van der Waals surface area contributed by atoms with Crippen LogP contribution in [-0.2, 0) is 16.6 Å². The predicted molar refractivity (Wildman–Crippen MR) is 149 cm³/mol. The molecule has 1 aliphatic rings. The molecule has 1 amide bonds. The van der Waals surface area contributed by atoms with E-state index in [0.29, 0.717) is 56.3 Å². The summed E-state index contributed by atoms with van der Waals surface area (Å²) in [6.07, 6.45) is 0. The molecule has 0 spiro atoms. The molecule has 0 atom stereocenters. The predicted octanol–water partition coefficient (Wildman–Crippen LogP) is 4.16.